The summed E-state index contributed by atoms with van der Waals surface area (Å²) in [4.78, 5) is 3.36. The van der Waals surface area contributed by atoms with Gasteiger partial charge in [-0.2, -0.15) is 0 Å². The van der Waals surface area contributed by atoms with Gasteiger partial charge in [0.15, 0.2) is 0 Å². The second-order valence-corrected chi connectivity index (χ2v) is 6.01. The molecule has 0 amide bonds. The van der Waals surface area contributed by atoms with Crippen LogP contribution in [0.15, 0.2) is 23.1 Å². The molecular formula is C12H17Cl2NS. The van der Waals surface area contributed by atoms with E-state index >= 15 is 0 Å². The van der Waals surface area contributed by atoms with E-state index in [0.29, 0.717) is 10.0 Å². The van der Waals surface area contributed by atoms with Crippen LogP contribution in [0.3, 0.4) is 0 Å². The van der Waals surface area contributed by atoms with Gasteiger partial charge in [0.1, 0.15) is 0 Å². The molecule has 0 aliphatic rings. The summed E-state index contributed by atoms with van der Waals surface area (Å²) in [6.45, 7) is 1.15. The van der Waals surface area contributed by atoms with E-state index in [-0.39, 0.29) is 0 Å². The van der Waals surface area contributed by atoms with Gasteiger partial charge >= 0.3 is 0 Å². The average molecular weight is 278 g/mol. The number of hydrogen-bond donors (Lipinski definition) is 0. The molecule has 16 heavy (non-hydrogen) atoms. The van der Waals surface area contributed by atoms with E-state index in [4.69, 9.17) is 23.2 Å². The Morgan fingerprint density at radius 3 is 2.25 bits per heavy atom. The first kappa shape index (κ1) is 14.2. The number of rotatable bonds is 6. The van der Waals surface area contributed by atoms with Crippen molar-refractivity contribution < 1.29 is 0 Å². The summed E-state index contributed by atoms with van der Waals surface area (Å²) in [7, 11) is 4.20. The molecule has 0 bridgehead atoms. The van der Waals surface area contributed by atoms with Gasteiger partial charge in [-0.05, 0) is 57.4 Å². The van der Waals surface area contributed by atoms with Gasteiger partial charge in [-0.15, -0.1) is 11.8 Å². The molecule has 0 aliphatic carbocycles. The summed E-state index contributed by atoms with van der Waals surface area (Å²) in [5.74, 6) is 1.12. The zero-order valence-corrected chi connectivity index (χ0v) is 12.0. The third kappa shape index (κ3) is 6.00. The van der Waals surface area contributed by atoms with Gasteiger partial charge in [-0.1, -0.05) is 23.2 Å². The van der Waals surface area contributed by atoms with Gasteiger partial charge in [0.2, 0.25) is 0 Å². The lowest BCUT2D eigenvalue weighted by Crippen LogP contribution is -2.12. The van der Waals surface area contributed by atoms with Crippen LogP contribution >= 0.6 is 35.0 Å². The minimum Gasteiger partial charge on any atom is -0.309 e. The highest BCUT2D eigenvalue weighted by Gasteiger charge is 1.99. The van der Waals surface area contributed by atoms with Crippen LogP contribution in [0.1, 0.15) is 12.8 Å². The molecule has 0 aromatic heterocycles. The number of hydrogen-bond acceptors (Lipinski definition) is 2. The highest BCUT2D eigenvalue weighted by molar-refractivity contribution is 7.99. The standard InChI is InChI=1S/C12H17Cl2NS/c1-15(2)5-3-4-6-16-12-8-10(13)7-11(14)9-12/h7-9H,3-6H2,1-2H3. The van der Waals surface area contributed by atoms with Crippen molar-refractivity contribution in [1.29, 1.82) is 0 Å². The maximum atomic E-state index is 5.93. The van der Waals surface area contributed by atoms with Crippen LogP contribution < -0.4 is 0 Å². The molecule has 0 spiro atoms. The largest absolute Gasteiger partial charge is 0.309 e. The smallest absolute Gasteiger partial charge is 0.0431 e. The van der Waals surface area contributed by atoms with Crippen LogP contribution in [-0.2, 0) is 0 Å². The third-order valence-electron chi connectivity index (χ3n) is 2.10. The molecule has 1 rings (SSSR count). The van der Waals surface area contributed by atoms with E-state index in [1.807, 2.05) is 23.9 Å². The first-order valence-electron chi connectivity index (χ1n) is 5.31. The topological polar surface area (TPSA) is 3.24 Å². The molecule has 0 saturated carbocycles. The van der Waals surface area contributed by atoms with Crippen molar-refractivity contribution in [3.8, 4) is 0 Å². The van der Waals surface area contributed by atoms with E-state index in [2.05, 4.69) is 19.0 Å². The molecule has 90 valence electrons. The predicted octanol–water partition coefficient (Wildman–Crippen LogP) is 4.43. The van der Waals surface area contributed by atoms with Crippen molar-refractivity contribution in [2.45, 2.75) is 17.7 Å². The zero-order valence-electron chi connectivity index (χ0n) is 9.67. The SMILES string of the molecule is CN(C)CCCCSc1cc(Cl)cc(Cl)c1. The van der Waals surface area contributed by atoms with Crippen molar-refractivity contribution in [1.82, 2.24) is 4.90 Å². The monoisotopic (exact) mass is 277 g/mol. The van der Waals surface area contributed by atoms with Gasteiger partial charge in [-0.3, -0.25) is 0 Å². The van der Waals surface area contributed by atoms with Crippen molar-refractivity contribution in [2.75, 3.05) is 26.4 Å². The van der Waals surface area contributed by atoms with E-state index in [0.717, 1.165) is 17.2 Å². The first-order chi connectivity index (χ1) is 7.58. The molecule has 0 atom stereocenters. The highest BCUT2D eigenvalue weighted by Crippen LogP contribution is 2.27. The summed E-state index contributed by atoms with van der Waals surface area (Å²) >= 11 is 13.7. The Hall–Kier alpha value is 0.110. The van der Waals surface area contributed by atoms with Crippen LogP contribution in [-0.4, -0.2) is 31.3 Å². The zero-order chi connectivity index (χ0) is 12.0. The van der Waals surface area contributed by atoms with E-state index in [9.17, 15) is 0 Å². The molecule has 4 heteroatoms. The predicted molar refractivity (Wildman–Crippen MR) is 75.0 cm³/mol. The fourth-order valence-electron chi connectivity index (χ4n) is 1.33. The Bertz CT molecular complexity index is 309. The van der Waals surface area contributed by atoms with E-state index in [1.165, 1.54) is 12.8 Å². The van der Waals surface area contributed by atoms with Crippen molar-refractivity contribution in [2.24, 2.45) is 0 Å². The summed E-state index contributed by atoms with van der Waals surface area (Å²) in [6.07, 6.45) is 2.45. The van der Waals surface area contributed by atoms with Gasteiger partial charge < -0.3 is 4.90 Å². The summed E-state index contributed by atoms with van der Waals surface area (Å²) < 4.78 is 0. The number of benzene rings is 1. The van der Waals surface area contributed by atoms with Crippen LogP contribution in [0.4, 0.5) is 0 Å². The molecular weight excluding hydrogens is 261 g/mol. The summed E-state index contributed by atoms with van der Waals surface area (Å²) in [5.41, 5.74) is 0. The van der Waals surface area contributed by atoms with Crippen molar-refractivity contribution in [3.05, 3.63) is 28.2 Å². The second-order valence-electron chi connectivity index (χ2n) is 3.96. The molecule has 0 fully saturated rings. The molecule has 0 saturated heterocycles. The van der Waals surface area contributed by atoms with Gasteiger partial charge in [0.05, 0.1) is 0 Å². The Balaban J connectivity index is 2.26. The van der Waals surface area contributed by atoms with Crippen molar-refractivity contribution >= 4 is 35.0 Å². The van der Waals surface area contributed by atoms with Crippen LogP contribution in [0.25, 0.3) is 0 Å². The van der Waals surface area contributed by atoms with Crippen LogP contribution in [0, 0.1) is 0 Å². The summed E-state index contributed by atoms with van der Waals surface area (Å²) in [6, 6.07) is 5.69. The van der Waals surface area contributed by atoms with Gasteiger partial charge in [0.25, 0.3) is 0 Å². The molecule has 0 aliphatic heterocycles. The van der Waals surface area contributed by atoms with Crippen LogP contribution in [0.2, 0.25) is 10.0 Å². The Morgan fingerprint density at radius 2 is 1.69 bits per heavy atom. The fraction of sp³-hybridized carbons (Fsp3) is 0.500. The van der Waals surface area contributed by atoms with E-state index < -0.39 is 0 Å². The molecule has 0 N–H and O–H groups in total. The second kappa shape index (κ2) is 7.44. The number of thioether (sulfide) groups is 1. The first-order valence-corrected chi connectivity index (χ1v) is 7.05. The maximum absolute atomic E-state index is 5.93. The molecule has 1 aromatic rings. The molecule has 0 unspecified atom stereocenters. The Morgan fingerprint density at radius 1 is 1.06 bits per heavy atom. The Kier molecular flexibility index (Phi) is 6.59. The van der Waals surface area contributed by atoms with Gasteiger partial charge in [-0.25, -0.2) is 0 Å². The van der Waals surface area contributed by atoms with Crippen molar-refractivity contribution in [3.63, 3.8) is 0 Å². The lowest BCUT2D eigenvalue weighted by atomic mass is 10.3. The van der Waals surface area contributed by atoms with E-state index in [1.54, 1.807) is 6.07 Å². The molecule has 1 nitrogen and oxygen atoms in total. The Labute approximate surface area is 112 Å². The molecule has 0 radical (unpaired) electrons. The number of nitrogens with zero attached hydrogens (tertiary/aromatic N) is 1. The lowest BCUT2D eigenvalue weighted by molar-refractivity contribution is 0.399. The quantitative estimate of drug-likeness (QED) is 0.559. The minimum absolute atomic E-state index is 0.711. The highest BCUT2D eigenvalue weighted by atomic mass is 35.5. The third-order valence-corrected chi connectivity index (χ3v) is 3.60. The summed E-state index contributed by atoms with van der Waals surface area (Å²) in [5, 5.41) is 1.42. The normalized spacial score (nSPS) is 11.1. The minimum atomic E-state index is 0.711. The fourth-order valence-corrected chi connectivity index (χ4v) is 2.99. The molecule has 1 aromatic carbocycles. The number of unbranched alkanes of at least 4 members (excludes halogenated alkanes) is 1. The van der Waals surface area contributed by atoms with Crippen LogP contribution in [0.5, 0.6) is 0 Å². The average Bonchev–Trinajstić information content (AvgIpc) is 2.15. The lowest BCUT2D eigenvalue weighted by Gasteiger charge is -2.08. The number of halogens is 2. The van der Waals surface area contributed by atoms with Gasteiger partial charge in [0, 0.05) is 14.9 Å². The maximum Gasteiger partial charge on any atom is 0.0431 e. The molecule has 0 heterocycles.